The second-order valence-corrected chi connectivity index (χ2v) is 6.12. The first-order valence-corrected chi connectivity index (χ1v) is 8.95. The number of aliphatic carboxylic acids is 1. The highest BCUT2D eigenvalue weighted by atomic mass is 16.4. The fourth-order valence-electron chi connectivity index (χ4n) is 2.73. The normalized spacial score (nSPS) is 12.5. The highest BCUT2D eigenvalue weighted by molar-refractivity contribution is 5.69. The van der Waals surface area contributed by atoms with E-state index in [1.165, 1.54) is 70.6 Å². The number of carbonyl (C=O) groups is 1. The van der Waals surface area contributed by atoms with Gasteiger partial charge in [-0.05, 0) is 12.8 Å². The van der Waals surface area contributed by atoms with Crippen LogP contribution in [-0.2, 0) is 4.79 Å². The quantitative estimate of drug-likeness (QED) is 0.364. The molecule has 1 atom stereocenters. The van der Waals surface area contributed by atoms with Crippen molar-refractivity contribution in [3.63, 3.8) is 0 Å². The lowest BCUT2D eigenvalue weighted by atomic mass is 9.98. The molecule has 0 unspecified atom stereocenters. The predicted octanol–water partition coefficient (Wildman–Crippen LogP) is 6.19. The van der Waals surface area contributed by atoms with E-state index in [4.69, 9.17) is 5.11 Å². The van der Waals surface area contributed by atoms with Crippen molar-refractivity contribution in [3.05, 3.63) is 0 Å². The smallest absolute Gasteiger partial charge is 0.306 e. The summed E-state index contributed by atoms with van der Waals surface area (Å²) in [6.07, 6.45) is 17.7. The zero-order valence-electron chi connectivity index (χ0n) is 13.8. The molecule has 20 heavy (non-hydrogen) atoms. The van der Waals surface area contributed by atoms with Gasteiger partial charge in [0, 0.05) is 0 Å². The topological polar surface area (TPSA) is 37.3 Å². The Morgan fingerprint density at radius 1 is 0.750 bits per heavy atom. The number of unbranched alkanes of at least 4 members (excludes halogenated alkanes) is 11. The number of rotatable bonds is 15. The molecule has 2 heteroatoms. The fraction of sp³-hybridized carbons (Fsp3) is 0.944. The molecule has 0 fully saturated rings. The van der Waals surface area contributed by atoms with Crippen molar-refractivity contribution in [2.24, 2.45) is 5.92 Å². The molecule has 0 aromatic heterocycles. The molecule has 0 aliphatic rings. The summed E-state index contributed by atoms with van der Waals surface area (Å²) >= 11 is 0. The van der Waals surface area contributed by atoms with Crippen LogP contribution in [0.3, 0.4) is 0 Å². The van der Waals surface area contributed by atoms with E-state index in [1.54, 1.807) is 0 Å². The molecular formula is C18H36O2. The second-order valence-electron chi connectivity index (χ2n) is 6.12. The summed E-state index contributed by atoms with van der Waals surface area (Å²) in [6.45, 7) is 4.23. The van der Waals surface area contributed by atoms with Gasteiger partial charge in [-0.15, -0.1) is 0 Å². The Labute approximate surface area is 126 Å². The molecule has 0 aromatic carbocycles. The van der Waals surface area contributed by atoms with E-state index >= 15 is 0 Å². The first-order valence-electron chi connectivity index (χ1n) is 8.95. The van der Waals surface area contributed by atoms with Crippen LogP contribution in [0.5, 0.6) is 0 Å². The Bertz CT molecular complexity index is 213. The molecule has 0 saturated carbocycles. The van der Waals surface area contributed by atoms with Crippen LogP contribution < -0.4 is 0 Å². The summed E-state index contributed by atoms with van der Waals surface area (Å²) in [5, 5.41) is 8.95. The molecule has 0 saturated heterocycles. The van der Waals surface area contributed by atoms with Crippen LogP contribution in [0.15, 0.2) is 0 Å². The zero-order valence-corrected chi connectivity index (χ0v) is 13.8. The Morgan fingerprint density at radius 2 is 1.15 bits per heavy atom. The van der Waals surface area contributed by atoms with Crippen molar-refractivity contribution in [1.29, 1.82) is 0 Å². The van der Waals surface area contributed by atoms with Crippen molar-refractivity contribution in [1.82, 2.24) is 0 Å². The van der Waals surface area contributed by atoms with Crippen molar-refractivity contribution < 1.29 is 9.90 Å². The lowest BCUT2D eigenvalue weighted by Crippen LogP contribution is -2.12. The minimum atomic E-state index is -0.615. The summed E-state index contributed by atoms with van der Waals surface area (Å²) < 4.78 is 0. The van der Waals surface area contributed by atoms with Crippen LogP contribution in [0.4, 0.5) is 0 Å². The summed E-state index contributed by atoms with van der Waals surface area (Å²) in [5.41, 5.74) is 0. The minimum Gasteiger partial charge on any atom is -0.481 e. The van der Waals surface area contributed by atoms with E-state index in [9.17, 15) is 4.79 Å². The molecule has 120 valence electrons. The maximum absolute atomic E-state index is 10.9. The van der Waals surface area contributed by atoms with Gasteiger partial charge in [-0.3, -0.25) is 4.79 Å². The predicted molar refractivity (Wildman–Crippen MR) is 87.1 cm³/mol. The average molecular weight is 284 g/mol. The van der Waals surface area contributed by atoms with Crippen LogP contribution >= 0.6 is 0 Å². The molecule has 0 spiro atoms. The summed E-state index contributed by atoms with van der Waals surface area (Å²) in [7, 11) is 0. The Balaban J connectivity index is 3.15. The van der Waals surface area contributed by atoms with Gasteiger partial charge in [0.1, 0.15) is 0 Å². The maximum atomic E-state index is 10.9. The molecule has 0 radical (unpaired) electrons. The molecule has 0 heterocycles. The van der Waals surface area contributed by atoms with Crippen LogP contribution in [0.2, 0.25) is 0 Å². The van der Waals surface area contributed by atoms with Gasteiger partial charge in [-0.1, -0.05) is 90.9 Å². The van der Waals surface area contributed by atoms with Crippen molar-refractivity contribution in [2.45, 2.75) is 104 Å². The third-order valence-corrected chi connectivity index (χ3v) is 4.25. The van der Waals surface area contributed by atoms with Crippen molar-refractivity contribution >= 4 is 5.97 Å². The van der Waals surface area contributed by atoms with Crippen molar-refractivity contribution in [2.75, 3.05) is 0 Å². The number of hydrogen-bond acceptors (Lipinski definition) is 1. The Hall–Kier alpha value is -0.530. The first kappa shape index (κ1) is 19.5. The van der Waals surface area contributed by atoms with Gasteiger partial charge in [0.15, 0.2) is 0 Å². The summed E-state index contributed by atoms with van der Waals surface area (Å²) in [5.74, 6) is -0.728. The fourth-order valence-corrected chi connectivity index (χ4v) is 2.73. The van der Waals surface area contributed by atoms with E-state index in [1.807, 2.05) is 6.92 Å². The van der Waals surface area contributed by atoms with Crippen LogP contribution in [0.1, 0.15) is 104 Å². The molecule has 2 nitrogen and oxygen atoms in total. The van der Waals surface area contributed by atoms with Crippen LogP contribution in [0.25, 0.3) is 0 Å². The van der Waals surface area contributed by atoms with Gasteiger partial charge in [-0.2, -0.15) is 0 Å². The summed E-state index contributed by atoms with van der Waals surface area (Å²) in [4.78, 5) is 10.9. The van der Waals surface area contributed by atoms with E-state index in [0.717, 1.165) is 19.3 Å². The maximum Gasteiger partial charge on any atom is 0.306 e. The van der Waals surface area contributed by atoms with E-state index < -0.39 is 5.97 Å². The first-order chi connectivity index (χ1) is 9.72. The summed E-state index contributed by atoms with van der Waals surface area (Å²) in [6, 6.07) is 0. The molecule has 0 amide bonds. The zero-order chi connectivity index (χ0) is 15.1. The molecule has 0 aromatic rings. The van der Waals surface area contributed by atoms with Crippen molar-refractivity contribution in [3.8, 4) is 0 Å². The second kappa shape index (κ2) is 14.9. The van der Waals surface area contributed by atoms with Gasteiger partial charge >= 0.3 is 5.97 Å². The molecule has 0 bridgehead atoms. The number of carboxylic acid groups (broad SMARTS) is 1. The third kappa shape index (κ3) is 12.5. The van der Waals surface area contributed by atoms with E-state index in [0.29, 0.717) is 0 Å². The van der Waals surface area contributed by atoms with E-state index in [-0.39, 0.29) is 5.92 Å². The van der Waals surface area contributed by atoms with Gasteiger partial charge in [0.25, 0.3) is 0 Å². The highest BCUT2D eigenvalue weighted by Gasteiger charge is 2.13. The molecule has 0 rings (SSSR count). The number of hydrogen-bond donors (Lipinski definition) is 1. The Morgan fingerprint density at radius 3 is 1.50 bits per heavy atom. The average Bonchev–Trinajstić information content (AvgIpc) is 2.43. The van der Waals surface area contributed by atoms with E-state index in [2.05, 4.69) is 6.92 Å². The monoisotopic (exact) mass is 284 g/mol. The van der Waals surface area contributed by atoms with Crippen LogP contribution in [0, 0.1) is 5.92 Å². The molecule has 1 N–H and O–H groups in total. The molecule has 0 aliphatic heterocycles. The largest absolute Gasteiger partial charge is 0.481 e. The highest BCUT2D eigenvalue weighted by Crippen LogP contribution is 2.16. The van der Waals surface area contributed by atoms with Crippen LogP contribution in [-0.4, -0.2) is 11.1 Å². The lowest BCUT2D eigenvalue weighted by molar-refractivity contribution is -0.142. The molecular weight excluding hydrogens is 248 g/mol. The third-order valence-electron chi connectivity index (χ3n) is 4.25. The Kier molecular flexibility index (Phi) is 14.5. The number of carboxylic acids is 1. The SMILES string of the molecule is CCCCCCCCCCCCCC[C@H](CC)C(=O)O. The van der Waals surface area contributed by atoms with Gasteiger partial charge in [0.05, 0.1) is 5.92 Å². The van der Waals surface area contributed by atoms with Gasteiger partial charge < -0.3 is 5.11 Å². The van der Waals surface area contributed by atoms with Gasteiger partial charge in [-0.25, -0.2) is 0 Å². The minimum absolute atomic E-state index is 0.113. The standard InChI is InChI=1S/C18H36O2/c1-3-5-6-7-8-9-10-11-12-13-14-15-16-17(4-2)18(19)20/h17H,3-16H2,1-2H3,(H,19,20)/t17-/m0/s1. The van der Waals surface area contributed by atoms with Gasteiger partial charge in [0.2, 0.25) is 0 Å². The molecule has 0 aliphatic carbocycles. The lowest BCUT2D eigenvalue weighted by Gasteiger charge is -2.08.